The van der Waals surface area contributed by atoms with E-state index >= 15 is 0 Å². The maximum absolute atomic E-state index is 13.0. The molecule has 2 aromatic carbocycles. The molecule has 2 amide bonds. The number of hydrogen-bond acceptors (Lipinski definition) is 4. The minimum absolute atomic E-state index is 0.209. The third kappa shape index (κ3) is 4.91. The lowest BCUT2D eigenvalue weighted by atomic mass is 10.1. The van der Waals surface area contributed by atoms with Crippen molar-refractivity contribution in [1.29, 1.82) is 0 Å². The summed E-state index contributed by atoms with van der Waals surface area (Å²) in [6.45, 7) is 0.727. The molecular formula is C23H19BrFN3O3. The first-order valence-corrected chi connectivity index (χ1v) is 10.5. The molecular weight excluding hydrogens is 465 g/mol. The Bertz CT molecular complexity index is 1110. The average Bonchev–Trinajstić information content (AvgIpc) is 3.15. The lowest BCUT2D eigenvalue weighted by Crippen LogP contribution is -2.36. The predicted octanol–water partition coefficient (Wildman–Crippen LogP) is 4.44. The Hall–Kier alpha value is -3.26. The van der Waals surface area contributed by atoms with Gasteiger partial charge in [-0.15, -0.1) is 0 Å². The van der Waals surface area contributed by atoms with Crippen molar-refractivity contribution in [2.45, 2.75) is 13.0 Å². The summed E-state index contributed by atoms with van der Waals surface area (Å²) in [5, 5.41) is 2.83. The second-order valence-electron chi connectivity index (χ2n) is 7.06. The van der Waals surface area contributed by atoms with E-state index in [9.17, 15) is 14.0 Å². The number of anilines is 1. The number of pyridine rings is 1. The standard InChI is InChI=1S/C23H19BrFN3O3/c24-19-3-1-2-4-20(19)28-12-10-18(23(28)30)22(29)27-14-15-9-11-26-21(13-15)31-17-7-5-16(25)6-8-17/h1-9,11,13,18H,10,12,14H2,(H,27,29). The van der Waals surface area contributed by atoms with Crippen molar-refractivity contribution in [3.05, 3.63) is 82.7 Å². The Morgan fingerprint density at radius 2 is 1.97 bits per heavy atom. The molecule has 0 spiro atoms. The van der Waals surface area contributed by atoms with Crippen LogP contribution in [-0.4, -0.2) is 23.3 Å². The summed E-state index contributed by atoms with van der Waals surface area (Å²) < 4.78 is 19.5. The minimum Gasteiger partial charge on any atom is -0.439 e. The highest BCUT2D eigenvalue weighted by molar-refractivity contribution is 9.10. The van der Waals surface area contributed by atoms with Gasteiger partial charge in [-0.05, 0) is 70.4 Å². The van der Waals surface area contributed by atoms with Gasteiger partial charge < -0.3 is 15.0 Å². The number of benzene rings is 2. The van der Waals surface area contributed by atoms with Crippen LogP contribution in [0.25, 0.3) is 0 Å². The van der Waals surface area contributed by atoms with Gasteiger partial charge in [0.1, 0.15) is 17.5 Å². The van der Waals surface area contributed by atoms with Gasteiger partial charge in [0.2, 0.25) is 17.7 Å². The highest BCUT2D eigenvalue weighted by Crippen LogP contribution is 2.31. The van der Waals surface area contributed by atoms with E-state index in [1.807, 2.05) is 24.3 Å². The summed E-state index contributed by atoms with van der Waals surface area (Å²) in [6.07, 6.45) is 2.02. The summed E-state index contributed by atoms with van der Waals surface area (Å²) in [7, 11) is 0. The smallest absolute Gasteiger partial charge is 0.239 e. The molecule has 1 aliphatic rings. The van der Waals surface area contributed by atoms with Gasteiger partial charge in [-0.1, -0.05) is 12.1 Å². The van der Waals surface area contributed by atoms with Crippen molar-refractivity contribution in [2.24, 2.45) is 5.92 Å². The lowest BCUT2D eigenvalue weighted by Gasteiger charge is -2.18. The van der Waals surface area contributed by atoms with E-state index in [0.29, 0.717) is 24.6 Å². The fraction of sp³-hybridized carbons (Fsp3) is 0.174. The predicted molar refractivity (Wildman–Crippen MR) is 117 cm³/mol. The first-order valence-electron chi connectivity index (χ1n) is 9.73. The number of carbonyl (C=O) groups excluding carboxylic acids is 2. The molecule has 1 aliphatic heterocycles. The molecule has 0 bridgehead atoms. The number of amides is 2. The van der Waals surface area contributed by atoms with E-state index in [1.54, 1.807) is 23.2 Å². The number of nitrogens with one attached hydrogen (secondary N) is 1. The van der Waals surface area contributed by atoms with Gasteiger partial charge in [0.15, 0.2) is 0 Å². The van der Waals surface area contributed by atoms with Crippen LogP contribution in [-0.2, 0) is 16.1 Å². The van der Waals surface area contributed by atoms with Crippen LogP contribution in [0.5, 0.6) is 11.6 Å². The van der Waals surface area contributed by atoms with Gasteiger partial charge in [0.25, 0.3) is 0 Å². The highest BCUT2D eigenvalue weighted by Gasteiger charge is 2.38. The maximum atomic E-state index is 13.0. The maximum Gasteiger partial charge on any atom is 0.239 e. The Morgan fingerprint density at radius 1 is 1.19 bits per heavy atom. The first kappa shape index (κ1) is 21.0. The zero-order valence-electron chi connectivity index (χ0n) is 16.4. The van der Waals surface area contributed by atoms with Crippen LogP contribution in [0.2, 0.25) is 0 Å². The van der Waals surface area contributed by atoms with E-state index < -0.39 is 5.92 Å². The van der Waals surface area contributed by atoms with Gasteiger partial charge in [-0.3, -0.25) is 9.59 Å². The first-order chi connectivity index (χ1) is 15.0. The zero-order chi connectivity index (χ0) is 21.8. The molecule has 0 saturated carbocycles. The normalized spacial score (nSPS) is 15.7. The third-order valence-corrected chi connectivity index (χ3v) is 5.64. The molecule has 1 saturated heterocycles. The van der Waals surface area contributed by atoms with Crippen molar-refractivity contribution < 1.29 is 18.7 Å². The quantitative estimate of drug-likeness (QED) is 0.525. The molecule has 8 heteroatoms. The number of aromatic nitrogens is 1. The summed E-state index contributed by atoms with van der Waals surface area (Å²) in [6, 6.07) is 16.5. The molecule has 158 valence electrons. The number of halogens is 2. The molecule has 0 aliphatic carbocycles. The zero-order valence-corrected chi connectivity index (χ0v) is 18.0. The van der Waals surface area contributed by atoms with Crippen LogP contribution in [0.1, 0.15) is 12.0 Å². The van der Waals surface area contributed by atoms with Gasteiger partial charge in [-0.25, -0.2) is 9.37 Å². The largest absolute Gasteiger partial charge is 0.439 e. The van der Waals surface area contributed by atoms with Crippen LogP contribution in [0.15, 0.2) is 71.3 Å². The number of hydrogen-bond donors (Lipinski definition) is 1. The average molecular weight is 484 g/mol. The molecule has 31 heavy (non-hydrogen) atoms. The minimum atomic E-state index is -0.719. The number of carbonyl (C=O) groups is 2. The van der Waals surface area contributed by atoms with Gasteiger partial charge in [0.05, 0.1) is 5.69 Å². The van der Waals surface area contributed by atoms with Crippen LogP contribution in [0.3, 0.4) is 0 Å². The Morgan fingerprint density at radius 3 is 2.74 bits per heavy atom. The highest BCUT2D eigenvalue weighted by atomic mass is 79.9. The van der Waals surface area contributed by atoms with E-state index in [-0.39, 0.29) is 24.2 Å². The fourth-order valence-corrected chi connectivity index (χ4v) is 3.88. The summed E-state index contributed by atoms with van der Waals surface area (Å²) in [4.78, 5) is 31.2. The SMILES string of the molecule is O=C(NCc1ccnc(Oc2ccc(F)cc2)c1)C1CCN(c2ccccc2Br)C1=O. The topological polar surface area (TPSA) is 71.5 Å². The third-order valence-electron chi connectivity index (χ3n) is 4.97. The van der Waals surface area contributed by atoms with Crippen molar-refractivity contribution in [3.63, 3.8) is 0 Å². The van der Waals surface area contributed by atoms with E-state index in [2.05, 4.69) is 26.2 Å². The van der Waals surface area contributed by atoms with Crippen molar-refractivity contribution in [3.8, 4) is 11.6 Å². The number of para-hydroxylation sites is 1. The van der Waals surface area contributed by atoms with E-state index in [1.165, 1.54) is 24.3 Å². The van der Waals surface area contributed by atoms with Crippen LogP contribution in [0.4, 0.5) is 10.1 Å². The molecule has 0 radical (unpaired) electrons. The number of nitrogens with zero attached hydrogens (tertiary/aromatic N) is 2. The van der Waals surface area contributed by atoms with Crippen molar-refractivity contribution in [1.82, 2.24) is 10.3 Å². The molecule has 1 atom stereocenters. The Labute approximate surface area is 187 Å². The molecule has 2 heterocycles. The summed E-state index contributed by atoms with van der Waals surface area (Å²) in [5.41, 5.74) is 1.54. The van der Waals surface area contributed by atoms with E-state index in [0.717, 1.165) is 15.7 Å². The van der Waals surface area contributed by atoms with Crippen LogP contribution >= 0.6 is 15.9 Å². The van der Waals surface area contributed by atoms with Crippen molar-refractivity contribution >= 4 is 33.4 Å². The fourth-order valence-electron chi connectivity index (χ4n) is 3.38. The Kier molecular flexibility index (Phi) is 6.27. The van der Waals surface area contributed by atoms with Gasteiger partial charge in [0, 0.05) is 29.8 Å². The molecule has 3 aromatic rings. The van der Waals surface area contributed by atoms with Crippen LogP contribution in [0, 0.1) is 11.7 Å². The molecule has 1 aromatic heterocycles. The molecule has 6 nitrogen and oxygen atoms in total. The van der Waals surface area contributed by atoms with E-state index in [4.69, 9.17) is 4.74 Å². The van der Waals surface area contributed by atoms with Gasteiger partial charge >= 0.3 is 0 Å². The molecule has 1 fully saturated rings. The number of rotatable bonds is 6. The Balaban J connectivity index is 1.36. The molecule has 1 N–H and O–H groups in total. The van der Waals surface area contributed by atoms with Crippen molar-refractivity contribution in [2.75, 3.05) is 11.4 Å². The second kappa shape index (κ2) is 9.26. The summed E-state index contributed by atoms with van der Waals surface area (Å²) in [5.74, 6) is -0.800. The monoisotopic (exact) mass is 483 g/mol. The number of ether oxygens (including phenoxy) is 1. The van der Waals surface area contributed by atoms with Gasteiger partial charge in [-0.2, -0.15) is 0 Å². The second-order valence-corrected chi connectivity index (χ2v) is 7.91. The molecule has 1 unspecified atom stereocenters. The molecule has 4 rings (SSSR count). The lowest BCUT2D eigenvalue weighted by molar-refractivity contribution is -0.132. The van der Waals surface area contributed by atoms with Crippen LogP contribution < -0.4 is 15.0 Å². The summed E-state index contributed by atoms with van der Waals surface area (Å²) >= 11 is 3.46.